The minimum atomic E-state index is -0.391. The second-order valence-corrected chi connectivity index (χ2v) is 18.2. The van der Waals surface area contributed by atoms with Crippen molar-refractivity contribution in [2.75, 3.05) is 0 Å². The SMILES string of the molecule is c1ccc(-c2cccc(-c3nc(-c4cccc5c4oc4ccccc45)nc(-c4cccc5oc6ccc(-c7ccc8c(c7)-c7ccccc7C87c8ccccc8-c8ccccc87)cc6c45)n3)c2)cc1. The number of fused-ring (bicyclic) bond motifs is 16. The average Bonchev–Trinajstić information content (AvgIpc) is 4.16. The van der Waals surface area contributed by atoms with Crippen LogP contribution in [0.1, 0.15) is 22.3 Å². The molecule has 0 fully saturated rings. The molecule has 15 rings (SSSR count). The molecule has 0 N–H and O–H groups in total. The first-order valence-electron chi connectivity index (χ1n) is 23.4. The van der Waals surface area contributed by atoms with Crippen LogP contribution in [-0.4, -0.2) is 15.0 Å². The molecule has 0 aliphatic heterocycles. The Bertz CT molecular complexity index is 4230. The van der Waals surface area contributed by atoms with Crippen molar-refractivity contribution in [3.63, 3.8) is 0 Å². The van der Waals surface area contributed by atoms with Gasteiger partial charge in [0.2, 0.25) is 0 Å². The second kappa shape index (κ2) is 14.4. The zero-order valence-corrected chi connectivity index (χ0v) is 37.0. The van der Waals surface area contributed by atoms with Crippen LogP contribution < -0.4 is 0 Å². The summed E-state index contributed by atoms with van der Waals surface area (Å²) in [6.07, 6.45) is 0. The molecule has 2 aliphatic rings. The molecular formula is C64H37N3O2. The lowest BCUT2D eigenvalue weighted by Crippen LogP contribution is -2.25. The van der Waals surface area contributed by atoms with Gasteiger partial charge < -0.3 is 8.83 Å². The Morgan fingerprint density at radius 3 is 1.58 bits per heavy atom. The van der Waals surface area contributed by atoms with Gasteiger partial charge in [-0.05, 0) is 109 Å². The van der Waals surface area contributed by atoms with E-state index in [2.05, 4.69) is 176 Å². The molecule has 0 radical (unpaired) electrons. The standard InChI is InChI=1S/C64H37N3O2/c1-2-15-38(16-3-1)39-17-12-18-42(35-39)61-65-62(67-63(66-61)49-25-13-23-47-46-22-7-11-29-56(46)69-60(47)49)48-24-14-30-58-59(48)51-37-41(32-34-57(51)68-58)40-31-33-55-50(36-40)45-21-6-10-28-54(45)64(55)52-26-8-4-19-43(52)44-20-5-9-27-53(44)64/h1-37H. The largest absolute Gasteiger partial charge is 0.456 e. The highest BCUT2D eigenvalue weighted by Gasteiger charge is 2.51. The summed E-state index contributed by atoms with van der Waals surface area (Å²) in [7, 11) is 0. The van der Waals surface area contributed by atoms with E-state index >= 15 is 0 Å². The zero-order valence-electron chi connectivity index (χ0n) is 37.0. The first kappa shape index (κ1) is 38.0. The maximum atomic E-state index is 6.66. The van der Waals surface area contributed by atoms with Crippen LogP contribution in [0, 0.1) is 0 Å². The van der Waals surface area contributed by atoms with Crippen LogP contribution in [-0.2, 0) is 5.41 Å². The van der Waals surface area contributed by atoms with E-state index in [1.54, 1.807) is 0 Å². The Morgan fingerprint density at radius 1 is 0.275 bits per heavy atom. The summed E-state index contributed by atoms with van der Waals surface area (Å²) in [6, 6.07) is 79.7. The van der Waals surface area contributed by atoms with Gasteiger partial charge in [0.15, 0.2) is 17.5 Å². The van der Waals surface area contributed by atoms with Gasteiger partial charge in [0.05, 0.1) is 11.0 Å². The first-order valence-corrected chi connectivity index (χ1v) is 23.4. The number of hydrogen-bond donors (Lipinski definition) is 0. The van der Waals surface area contributed by atoms with Gasteiger partial charge in [0.25, 0.3) is 0 Å². The third-order valence-corrected chi connectivity index (χ3v) is 14.6. The topological polar surface area (TPSA) is 65.0 Å². The van der Waals surface area contributed by atoms with E-state index in [1.165, 1.54) is 44.5 Å². The number of aromatic nitrogens is 3. The fourth-order valence-corrected chi connectivity index (χ4v) is 11.6. The fourth-order valence-electron chi connectivity index (χ4n) is 11.6. The molecule has 0 saturated carbocycles. The molecule has 0 saturated heterocycles. The maximum Gasteiger partial charge on any atom is 0.167 e. The third-order valence-electron chi connectivity index (χ3n) is 14.6. The highest BCUT2D eigenvalue weighted by atomic mass is 16.3. The van der Waals surface area contributed by atoms with Crippen LogP contribution in [0.2, 0.25) is 0 Å². The lowest BCUT2D eigenvalue weighted by atomic mass is 9.70. The lowest BCUT2D eigenvalue weighted by molar-refractivity contribution is 0.668. The summed E-state index contributed by atoms with van der Waals surface area (Å²) in [5.74, 6) is 1.64. The summed E-state index contributed by atoms with van der Waals surface area (Å²) in [4.78, 5) is 15.9. The van der Waals surface area contributed by atoms with Crippen molar-refractivity contribution in [3.8, 4) is 78.7 Å². The van der Waals surface area contributed by atoms with Gasteiger partial charge in [0.1, 0.15) is 22.3 Å². The van der Waals surface area contributed by atoms with E-state index in [9.17, 15) is 0 Å². The van der Waals surface area contributed by atoms with E-state index < -0.39 is 5.41 Å². The van der Waals surface area contributed by atoms with Crippen molar-refractivity contribution < 1.29 is 8.83 Å². The minimum Gasteiger partial charge on any atom is -0.456 e. The fraction of sp³-hybridized carbons (Fsp3) is 0.0156. The highest BCUT2D eigenvalue weighted by molar-refractivity contribution is 6.13. The lowest BCUT2D eigenvalue weighted by Gasteiger charge is -2.30. The molecule has 0 unspecified atom stereocenters. The van der Waals surface area contributed by atoms with E-state index in [0.717, 1.165) is 82.8 Å². The average molecular weight is 880 g/mol. The van der Waals surface area contributed by atoms with Crippen molar-refractivity contribution in [2.24, 2.45) is 0 Å². The van der Waals surface area contributed by atoms with Crippen LogP contribution in [0.25, 0.3) is 123 Å². The number of para-hydroxylation sites is 2. The van der Waals surface area contributed by atoms with E-state index in [0.29, 0.717) is 17.5 Å². The summed E-state index contributed by atoms with van der Waals surface area (Å²) < 4.78 is 13.2. The van der Waals surface area contributed by atoms with E-state index in [-0.39, 0.29) is 0 Å². The molecule has 320 valence electrons. The Labute approximate surface area is 396 Å². The van der Waals surface area contributed by atoms with Crippen molar-refractivity contribution in [1.82, 2.24) is 15.0 Å². The Hall–Kier alpha value is -9.19. The predicted molar refractivity (Wildman–Crippen MR) is 278 cm³/mol. The predicted octanol–water partition coefficient (Wildman–Crippen LogP) is 16.3. The number of benzene rings is 10. The molecule has 5 heteroatoms. The zero-order chi connectivity index (χ0) is 45.2. The molecule has 13 aromatic rings. The molecule has 3 heterocycles. The van der Waals surface area contributed by atoms with Crippen molar-refractivity contribution in [1.29, 1.82) is 0 Å². The first-order chi connectivity index (χ1) is 34.2. The van der Waals surface area contributed by atoms with Gasteiger partial charge in [-0.25, -0.2) is 15.0 Å². The summed E-state index contributed by atoms with van der Waals surface area (Å²) in [5, 5.41) is 3.99. The molecule has 0 atom stereocenters. The summed E-state index contributed by atoms with van der Waals surface area (Å²) in [6.45, 7) is 0. The Kier molecular flexibility index (Phi) is 7.93. The Morgan fingerprint density at radius 2 is 0.783 bits per heavy atom. The van der Waals surface area contributed by atoms with Gasteiger partial charge >= 0.3 is 0 Å². The smallest absolute Gasteiger partial charge is 0.167 e. The quantitative estimate of drug-likeness (QED) is 0.172. The summed E-state index contributed by atoms with van der Waals surface area (Å²) in [5.41, 5.74) is 20.1. The normalized spacial score (nSPS) is 13.0. The Balaban J connectivity index is 0.917. The minimum absolute atomic E-state index is 0.391. The van der Waals surface area contributed by atoms with Crippen LogP contribution in [0.4, 0.5) is 0 Å². The van der Waals surface area contributed by atoms with Gasteiger partial charge in [-0.2, -0.15) is 0 Å². The second-order valence-electron chi connectivity index (χ2n) is 18.2. The molecular weight excluding hydrogens is 843 g/mol. The van der Waals surface area contributed by atoms with Gasteiger partial charge in [-0.1, -0.05) is 182 Å². The molecule has 2 aliphatic carbocycles. The molecule has 5 nitrogen and oxygen atoms in total. The molecule has 0 bridgehead atoms. The van der Waals surface area contributed by atoms with Crippen molar-refractivity contribution in [2.45, 2.75) is 5.41 Å². The molecule has 0 amide bonds. The van der Waals surface area contributed by atoms with E-state index in [4.69, 9.17) is 23.8 Å². The molecule has 69 heavy (non-hydrogen) atoms. The highest BCUT2D eigenvalue weighted by Crippen LogP contribution is 2.63. The molecule has 10 aromatic carbocycles. The third kappa shape index (κ3) is 5.44. The number of furan rings is 2. The number of rotatable bonds is 5. The van der Waals surface area contributed by atoms with Crippen LogP contribution in [0.5, 0.6) is 0 Å². The van der Waals surface area contributed by atoms with Crippen LogP contribution >= 0.6 is 0 Å². The maximum absolute atomic E-state index is 6.66. The summed E-state index contributed by atoms with van der Waals surface area (Å²) >= 11 is 0. The van der Waals surface area contributed by atoms with Gasteiger partial charge in [0, 0.05) is 32.7 Å². The molecule has 1 spiro atoms. The number of hydrogen-bond acceptors (Lipinski definition) is 5. The number of nitrogens with zero attached hydrogens (tertiary/aromatic N) is 3. The van der Waals surface area contributed by atoms with Gasteiger partial charge in [-0.15, -0.1) is 0 Å². The monoisotopic (exact) mass is 879 g/mol. The van der Waals surface area contributed by atoms with Crippen molar-refractivity contribution in [3.05, 3.63) is 247 Å². The van der Waals surface area contributed by atoms with Crippen LogP contribution in [0.3, 0.4) is 0 Å². The molecule has 3 aromatic heterocycles. The van der Waals surface area contributed by atoms with E-state index in [1.807, 2.05) is 48.5 Å². The van der Waals surface area contributed by atoms with Crippen molar-refractivity contribution >= 4 is 43.9 Å². The van der Waals surface area contributed by atoms with Gasteiger partial charge in [-0.3, -0.25) is 0 Å². The van der Waals surface area contributed by atoms with Crippen LogP contribution in [0.15, 0.2) is 233 Å².